The van der Waals surface area contributed by atoms with Gasteiger partial charge in [0.15, 0.2) is 10.9 Å². The monoisotopic (exact) mass is 284 g/mol. The van der Waals surface area contributed by atoms with Gasteiger partial charge < -0.3 is 5.32 Å². The molecule has 20 heavy (non-hydrogen) atoms. The van der Waals surface area contributed by atoms with Gasteiger partial charge in [-0.25, -0.2) is 9.97 Å². The molecule has 1 aliphatic carbocycles. The van der Waals surface area contributed by atoms with E-state index in [9.17, 15) is 0 Å². The van der Waals surface area contributed by atoms with Crippen molar-refractivity contribution in [1.29, 1.82) is 0 Å². The fourth-order valence-electron chi connectivity index (χ4n) is 2.39. The third-order valence-electron chi connectivity index (χ3n) is 3.30. The molecule has 0 atom stereocenters. The number of fused-ring (bicyclic) bond motifs is 3. The lowest BCUT2D eigenvalue weighted by atomic mass is 10.2. The molecule has 0 amide bonds. The van der Waals surface area contributed by atoms with E-state index in [1.54, 1.807) is 29.9 Å². The normalized spacial score (nSPS) is 13.4. The van der Waals surface area contributed by atoms with Crippen molar-refractivity contribution < 1.29 is 0 Å². The molecule has 7 heteroatoms. The van der Waals surface area contributed by atoms with E-state index < -0.39 is 0 Å². The highest BCUT2D eigenvalue weighted by atomic mass is 32.1. The van der Waals surface area contributed by atoms with Gasteiger partial charge in [0.2, 0.25) is 0 Å². The second-order valence-electron chi connectivity index (χ2n) is 4.62. The largest absolute Gasteiger partial charge is 0.315 e. The van der Waals surface area contributed by atoms with E-state index in [4.69, 9.17) is 4.98 Å². The summed E-state index contributed by atoms with van der Waals surface area (Å²) in [5.41, 5.74) is 3.35. The van der Waals surface area contributed by atoms with Crippen molar-refractivity contribution in [3.05, 3.63) is 35.4 Å². The first-order valence-electron chi connectivity index (χ1n) is 6.45. The summed E-state index contributed by atoms with van der Waals surface area (Å²) in [4.78, 5) is 14.3. The second-order valence-corrected chi connectivity index (χ2v) is 5.71. The molecule has 100 valence electrons. The molecule has 0 bridgehead atoms. The number of H-pyrrole nitrogens is 1. The van der Waals surface area contributed by atoms with Gasteiger partial charge in [-0.15, -0.1) is 11.3 Å². The Bertz CT molecular complexity index is 732. The van der Waals surface area contributed by atoms with E-state index >= 15 is 0 Å². The Hall–Kier alpha value is -2.28. The molecular formula is C13H12N6S. The Balaban J connectivity index is 1.72. The number of hydrogen-bond donors (Lipinski definition) is 2. The van der Waals surface area contributed by atoms with Gasteiger partial charge in [-0.2, -0.15) is 5.10 Å². The number of aryl methyl sites for hydroxylation is 2. The van der Waals surface area contributed by atoms with Gasteiger partial charge in [0.25, 0.3) is 0 Å². The number of nitrogens with one attached hydrogen (secondary N) is 2. The van der Waals surface area contributed by atoms with E-state index in [-0.39, 0.29) is 0 Å². The van der Waals surface area contributed by atoms with Crippen LogP contribution in [0.4, 0.5) is 10.9 Å². The maximum Gasteiger partial charge on any atom is 0.189 e. The Labute approximate surface area is 119 Å². The average molecular weight is 284 g/mol. The molecule has 3 aromatic rings. The van der Waals surface area contributed by atoms with E-state index in [1.807, 2.05) is 6.20 Å². The Kier molecular flexibility index (Phi) is 2.70. The Morgan fingerprint density at radius 2 is 2.20 bits per heavy atom. The van der Waals surface area contributed by atoms with Gasteiger partial charge in [0.05, 0.1) is 18.1 Å². The van der Waals surface area contributed by atoms with E-state index in [2.05, 4.69) is 25.5 Å². The van der Waals surface area contributed by atoms with Gasteiger partial charge in [0.1, 0.15) is 0 Å². The van der Waals surface area contributed by atoms with Crippen LogP contribution in [0.3, 0.4) is 0 Å². The first-order chi connectivity index (χ1) is 9.90. The zero-order valence-electron chi connectivity index (χ0n) is 10.6. The quantitative estimate of drug-likeness (QED) is 0.756. The second kappa shape index (κ2) is 4.68. The van der Waals surface area contributed by atoms with E-state index in [0.717, 1.165) is 35.7 Å². The molecule has 0 saturated heterocycles. The van der Waals surface area contributed by atoms with Gasteiger partial charge in [0, 0.05) is 28.5 Å². The molecule has 1 aliphatic rings. The van der Waals surface area contributed by atoms with Crippen LogP contribution in [0.2, 0.25) is 0 Å². The molecular weight excluding hydrogens is 272 g/mol. The van der Waals surface area contributed by atoms with Crippen LogP contribution in [0, 0.1) is 0 Å². The van der Waals surface area contributed by atoms with Crippen LogP contribution in [0.25, 0.3) is 11.3 Å². The summed E-state index contributed by atoms with van der Waals surface area (Å²) in [6, 6.07) is 0. The lowest BCUT2D eigenvalue weighted by Crippen LogP contribution is -1.93. The molecule has 3 aromatic heterocycles. The van der Waals surface area contributed by atoms with Crippen LogP contribution in [-0.2, 0) is 12.8 Å². The van der Waals surface area contributed by atoms with Gasteiger partial charge >= 0.3 is 0 Å². The number of aromatic amines is 1. The van der Waals surface area contributed by atoms with Crippen LogP contribution in [0.5, 0.6) is 0 Å². The Morgan fingerprint density at radius 3 is 3.10 bits per heavy atom. The zero-order valence-corrected chi connectivity index (χ0v) is 11.4. The van der Waals surface area contributed by atoms with Gasteiger partial charge in [-0.1, -0.05) is 0 Å². The van der Waals surface area contributed by atoms with Crippen molar-refractivity contribution in [2.24, 2.45) is 0 Å². The maximum atomic E-state index is 4.70. The number of anilines is 2. The molecule has 0 saturated carbocycles. The van der Waals surface area contributed by atoms with Gasteiger partial charge in [-0.05, 0) is 19.3 Å². The van der Waals surface area contributed by atoms with Crippen molar-refractivity contribution in [2.75, 3.05) is 5.32 Å². The van der Waals surface area contributed by atoms with Crippen molar-refractivity contribution in [3.63, 3.8) is 0 Å². The zero-order chi connectivity index (χ0) is 13.4. The van der Waals surface area contributed by atoms with Crippen molar-refractivity contribution in [3.8, 4) is 11.3 Å². The third-order valence-corrected chi connectivity index (χ3v) is 4.33. The minimum absolute atomic E-state index is 0.712. The smallest absolute Gasteiger partial charge is 0.189 e. The number of rotatable bonds is 2. The highest BCUT2D eigenvalue weighted by molar-refractivity contribution is 7.16. The molecule has 4 rings (SSSR count). The first kappa shape index (κ1) is 11.5. The number of aromatic nitrogens is 5. The predicted molar refractivity (Wildman–Crippen MR) is 77.0 cm³/mol. The number of hydrogen-bond acceptors (Lipinski definition) is 6. The molecule has 0 radical (unpaired) electrons. The van der Waals surface area contributed by atoms with E-state index in [1.165, 1.54) is 10.6 Å². The van der Waals surface area contributed by atoms with Crippen molar-refractivity contribution in [1.82, 2.24) is 25.1 Å². The summed E-state index contributed by atoms with van der Waals surface area (Å²) in [7, 11) is 0. The van der Waals surface area contributed by atoms with Crippen molar-refractivity contribution >= 4 is 22.3 Å². The lowest BCUT2D eigenvalue weighted by molar-refractivity contribution is 0.811. The molecule has 0 aliphatic heterocycles. The fraction of sp³-hybridized carbons (Fsp3) is 0.231. The highest BCUT2D eigenvalue weighted by Gasteiger charge is 2.20. The van der Waals surface area contributed by atoms with Crippen LogP contribution >= 0.6 is 11.3 Å². The van der Waals surface area contributed by atoms with E-state index in [0.29, 0.717) is 5.82 Å². The highest BCUT2D eigenvalue weighted by Crippen LogP contribution is 2.36. The third kappa shape index (κ3) is 1.96. The SMILES string of the molecule is c1cnc(Nc2nc3c(s2)CCCc2[nH]ncc2-3)cn1. The first-order valence-corrected chi connectivity index (χ1v) is 7.27. The Morgan fingerprint density at radius 1 is 1.20 bits per heavy atom. The molecule has 3 heterocycles. The standard InChI is InChI=1S/C13H12N6S/c1-2-9-8(6-16-19-9)12-10(3-1)20-13(18-12)17-11-7-14-4-5-15-11/h4-7H,1-3H2,(H,16,19)(H,15,17,18). The minimum atomic E-state index is 0.712. The molecule has 2 N–H and O–H groups in total. The average Bonchev–Trinajstić information content (AvgIpc) is 3.04. The molecule has 0 fully saturated rings. The fourth-order valence-corrected chi connectivity index (χ4v) is 3.42. The molecule has 0 unspecified atom stereocenters. The summed E-state index contributed by atoms with van der Waals surface area (Å²) >= 11 is 1.68. The summed E-state index contributed by atoms with van der Waals surface area (Å²) in [5, 5.41) is 11.3. The number of thiazole rings is 1. The van der Waals surface area contributed by atoms with Crippen LogP contribution in [0.15, 0.2) is 24.8 Å². The van der Waals surface area contributed by atoms with Crippen LogP contribution < -0.4 is 5.32 Å². The van der Waals surface area contributed by atoms with Gasteiger partial charge in [-0.3, -0.25) is 10.1 Å². The summed E-state index contributed by atoms with van der Waals surface area (Å²) in [6.07, 6.45) is 10.1. The van der Waals surface area contributed by atoms with Crippen LogP contribution in [-0.4, -0.2) is 25.1 Å². The predicted octanol–water partition coefficient (Wildman–Crippen LogP) is 2.56. The summed E-state index contributed by atoms with van der Waals surface area (Å²) in [5.74, 6) is 0.712. The molecule has 0 spiro atoms. The summed E-state index contributed by atoms with van der Waals surface area (Å²) < 4.78 is 0. The molecule has 6 nitrogen and oxygen atoms in total. The minimum Gasteiger partial charge on any atom is -0.315 e. The number of nitrogens with zero attached hydrogens (tertiary/aromatic N) is 4. The topological polar surface area (TPSA) is 79.4 Å². The van der Waals surface area contributed by atoms with Crippen molar-refractivity contribution in [2.45, 2.75) is 19.3 Å². The lowest BCUT2D eigenvalue weighted by Gasteiger charge is -1.99. The summed E-state index contributed by atoms with van der Waals surface area (Å²) in [6.45, 7) is 0. The molecule has 0 aromatic carbocycles. The maximum absolute atomic E-state index is 4.70. The van der Waals surface area contributed by atoms with Crippen LogP contribution in [0.1, 0.15) is 17.0 Å².